The summed E-state index contributed by atoms with van der Waals surface area (Å²) in [7, 11) is 0. The van der Waals surface area contributed by atoms with Gasteiger partial charge in [0.1, 0.15) is 0 Å². The Kier molecular flexibility index (Phi) is 5.22. The molecule has 1 aromatic rings. The van der Waals surface area contributed by atoms with Crippen molar-refractivity contribution in [3.05, 3.63) is 35.9 Å². The van der Waals surface area contributed by atoms with E-state index in [0.717, 1.165) is 17.3 Å². The SMILES string of the molecule is CC(=O)SC[C@H](C(=O)O)[C@H](C)c1ccccc1. The van der Waals surface area contributed by atoms with E-state index < -0.39 is 11.9 Å². The van der Waals surface area contributed by atoms with E-state index in [0.29, 0.717) is 5.75 Å². The number of hydrogen-bond acceptors (Lipinski definition) is 3. The van der Waals surface area contributed by atoms with Gasteiger partial charge in [0.05, 0.1) is 5.92 Å². The molecule has 0 saturated heterocycles. The first-order chi connectivity index (χ1) is 8.02. The maximum absolute atomic E-state index is 11.2. The van der Waals surface area contributed by atoms with Crippen molar-refractivity contribution in [3.63, 3.8) is 0 Å². The second kappa shape index (κ2) is 6.45. The molecule has 0 unspecified atom stereocenters. The van der Waals surface area contributed by atoms with Crippen LogP contribution < -0.4 is 0 Å². The molecule has 0 aliphatic carbocycles. The number of carboxylic acid groups (broad SMARTS) is 1. The lowest BCUT2D eigenvalue weighted by molar-refractivity contribution is -0.141. The van der Waals surface area contributed by atoms with Gasteiger partial charge in [0, 0.05) is 12.7 Å². The topological polar surface area (TPSA) is 54.4 Å². The van der Waals surface area contributed by atoms with Gasteiger partial charge in [-0.25, -0.2) is 0 Å². The molecule has 1 N–H and O–H groups in total. The Labute approximate surface area is 105 Å². The quantitative estimate of drug-likeness (QED) is 0.875. The van der Waals surface area contributed by atoms with Gasteiger partial charge in [0.15, 0.2) is 5.12 Å². The van der Waals surface area contributed by atoms with Crippen molar-refractivity contribution in [1.82, 2.24) is 0 Å². The van der Waals surface area contributed by atoms with Crippen molar-refractivity contribution in [2.75, 3.05) is 5.75 Å². The number of aliphatic carboxylic acids is 1. The van der Waals surface area contributed by atoms with Gasteiger partial charge in [-0.15, -0.1) is 0 Å². The Hall–Kier alpha value is -1.29. The van der Waals surface area contributed by atoms with E-state index in [4.69, 9.17) is 0 Å². The zero-order valence-corrected chi connectivity index (χ0v) is 10.7. The van der Waals surface area contributed by atoms with Crippen LogP contribution in [0.3, 0.4) is 0 Å². The molecule has 0 aliphatic rings. The predicted molar refractivity (Wildman–Crippen MR) is 69.1 cm³/mol. The molecular formula is C13H16O3S. The molecule has 0 fully saturated rings. The Morgan fingerprint density at radius 1 is 1.29 bits per heavy atom. The molecule has 1 rings (SSSR count). The van der Waals surface area contributed by atoms with Gasteiger partial charge < -0.3 is 5.11 Å². The van der Waals surface area contributed by atoms with E-state index in [2.05, 4.69) is 0 Å². The van der Waals surface area contributed by atoms with Gasteiger partial charge >= 0.3 is 5.97 Å². The van der Waals surface area contributed by atoms with Crippen LogP contribution in [0.15, 0.2) is 30.3 Å². The normalized spacial score (nSPS) is 14.0. The fraction of sp³-hybridized carbons (Fsp3) is 0.385. The number of rotatable bonds is 5. The lowest BCUT2D eigenvalue weighted by Gasteiger charge is -2.19. The molecule has 0 heterocycles. The molecule has 0 aromatic heterocycles. The second-order valence-corrected chi connectivity index (χ2v) is 5.14. The molecule has 0 saturated carbocycles. The minimum absolute atomic E-state index is 0.0449. The third kappa shape index (κ3) is 4.23. The highest BCUT2D eigenvalue weighted by Gasteiger charge is 2.26. The maximum Gasteiger partial charge on any atom is 0.307 e. The summed E-state index contributed by atoms with van der Waals surface area (Å²) in [5.74, 6) is -1.16. The largest absolute Gasteiger partial charge is 0.481 e. The standard InChI is InChI=1S/C13H16O3S/c1-9(11-6-4-3-5-7-11)12(13(15)16)8-17-10(2)14/h3-7,9,12H,8H2,1-2H3,(H,15,16)/t9-,12+/m1/s1. The van der Waals surface area contributed by atoms with E-state index in [1.54, 1.807) is 0 Å². The molecule has 92 valence electrons. The third-order valence-corrected chi connectivity index (χ3v) is 3.64. The lowest BCUT2D eigenvalue weighted by atomic mass is 9.89. The van der Waals surface area contributed by atoms with E-state index in [1.165, 1.54) is 6.92 Å². The van der Waals surface area contributed by atoms with E-state index >= 15 is 0 Å². The number of carbonyl (C=O) groups excluding carboxylic acids is 1. The molecule has 0 bridgehead atoms. The van der Waals surface area contributed by atoms with Crippen molar-refractivity contribution in [2.24, 2.45) is 5.92 Å². The van der Waals surface area contributed by atoms with Crippen molar-refractivity contribution in [1.29, 1.82) is 0 Å². The summed E-state index contributed by atoms with van der Waals surface area (Å²) in [5.41, 5.74) is 0.990. The van der Waals surface area contributed by atoms with Crippen LogP contribution in [0.5, 0.6) is 0 Å². The summed E-state index contributed by atoms with van der Waals surface area (Å²) in [6, 6.07) is 9.51. The Morgan fingerprint density at radius 3 is 2.35 bits per heavy atom. The molecule has 2 atom stereocenters. The first-order valence-corrected chi connectivity index (χ1v) is 6.42. The summed E-state index contributed by atoms with van der Waals surface area (Å²) in [6.45, 7) is 3.34. The Bertz CT molecular complexity index is 389. The van der Waals surface area contributed by atoms with E-state index in [-0.39, 0.29) is 11.0 Å². The van der Waals surface area contributed by atoms with Crippen LogP contribution in [0, 0.1) is 5.92 Å². The van der Waals surface area contributed by atoms with Gasteiger partial charge in [-0.2, -0.15) is 0 Å². The molecule has 0 radical (unpaired) electrons. The second-order valence-electron chi connectivity index (χ2n) is 3.95. The molecule has 0 aliphatic heterocycles. The number of thioether (sulfide) groups is 1. The molecular weight excluding hydrogens is 236 g/mol. The van der Waals surface area contributed by atoms with Crippen LogP contribution in [0.1, 0.15) is 25.3 Å². The van der Waals surface area contributed by atoms with Gasteiger partial charge in [-0.05, 0) is 11.5 Å². The number of carbonyl (C=O) groups is 2. The lowest BCUT2D eigenvalue weighted by Crippen LogP contribution is -2.23. The molecule has 3 nitrogen and oxygen atoms in total. The molecule has 1 aromatic carbocycles. The summed E-state index contributed by atoms with van der Waals surface area (Å²) in [6.07, 6.45) is 0. The summed E-state index contributed by atoms with van der Waals surface area (Å²) >= 11 is 1.07. The first-order valence-electron chi connectivity index (χ1n) is 5.43. The highest BCUT2D eigenvalue weighted by atomic mass is 32.2. The average Bonchev–Trinajstić information content (AvgIpc) is 2.29. The van der Waals surface area contributed by atoms with Crippen LogP contribution >= 0.6 is 11.8 Å². The minimum atomic E-state index is -0.852. The molecule has 4 heteroatoms. The van der Waals surface area contributed by atoms with Crippen LogP contribution in [0.2, 0.25) is 0 Å². The van der Waals surface area contributed by atoms with Crippen molar-refractivity contribution >= 4 is 22.8 Å². The van der Waals surface area contributed by atoms with Crippen LogP contribution in [-0.2, 0) is 9.59 Å². The highest BCUT2D eigenvalue weighted by Crippen LogP contribution is 2.27. The number of benzene rings is 1. The van der Waals surface area contributed by atoms with Crippen LogP contribution in [-0.4, -0.2) is 21.9 Å². The van der Waals surface area contributed by atoms with Crippen LogP contribution in [0.25, 0.3) is 0 Å². The van der Waals surface area contributed by atoms with Gasteiger partial charge in [-0.1, -0.05) is 49.0 Å². The molecule has 0 spiro atoms. The fourth-order valence-corrected chi connectivity index (χ4v) is 2.47. The summed E-state index contributed by atoms with van der Waals surface area (Å²) in [4.78, 5) is 22.1. The van der Waals surface area contributed by atoms with Crippen molar-refractivity contribution in [3.8, 4) is 0 Å². The third-order valence-electron chi connectivity index (χ3n) is 2.71. The summed E-state index contributed by atoms with van der Waals surface area (Å²) in [5, 5.41) is 9.15. The number of hydrogen-bond donors (Lipinski definition) is 1. The maximum atomic E-state index is 11.2. The Balaban J connectivity index is 2.77. The first kappa shape index (κ1) is 13.8. The molecule has 17 heavy (non-hydrogen) atoms. The van der Waals surface area contributed by atoms with E-state index in [9.17, 15) is 14.7 Å². The average molecular weight is 252 g/mol. The molecule has 0 amide bonds. The smallest absolute Gasteiger partial charge is 0.307 e. The van der Waals surface area contributed by atoms with Crippen LogP contribution in [0.4, 0.5) is 0 Å². The minimum Gasteiger partial charge on any atom is -0.481 e. The van der Waals surface area contributed by atoms with Crippen molar-refractivity contribution < 1.29 is 14.7 Å². The van der Waals surface area contributed by atoms with Gasteiger partial charge in [0.2, 0.25) is 0 Å². The monoisotopic (exact) mass is 252 g/mol. The predicted octanol–water partition coefficient (Wildman–Crippen LogP) is 2.77. The van der Waals surface area contributed by atoms with Crippen molar-refractivity contribution in [2.45, 2.75) is 19.8 Å². The van der Waals surface area contributed by atoms with Gasteiger partial charge in [0.25, 0.3) is 0 Å². The fourth-order valence-electron chi connectivity index (χ4n) is 1.63. The van der Waals surface area contributed by atoms with E-state index in [1.807, 2.05) is 37.3 Å². The zero-order valence-electron chi connectivity index (χ0n) is 9.92. The highest BCUT2D eigenvalue weighted by molar-refractivity contribution is 8.13. The number of carboxylic acids is 1. The van der Waals surface area contributed by atoms with Gasteiger partial charge in [-0.3, -0.25) is 9.59 Å². The zero-order chi connectivity index (χ0) is 12.8. The Morgan fingerprint density at radius 2 is 1.88 bits per heavy atom. The summed E-state index contributed by atoms with van der Waals surface area (Å²) < 4.78 is 0.